The quantitative estimate of drug-likeness (QED) is 0.567. The first-order valence-corrected chi connectivity index (χ1v) is 12.0. The molecule has 2 aromatic rings. The first-order valence-electron chi connectivity index (χ1n) is 8.58. The molecule has 2 rings (SSSR count). The second-order valence-electron chi connectivity index (χ2n) is 6.10. The van der Waals surface area contributed by atoms with Gasteiger partial charge in [0.2, 0.25) is 15.9 Å². The van der Waals surface area contributed by atoms with Gasteiger partial charge in [-0.1, -0.05) is 35.9 Å². The number of hydrogen-bond acceptors (Lipinski definition) is 4. The summed E-state index contributed by atoms with van der Waals surface area (Å²) in [5.74, 6) is 0.936. The minimum Gasteiger partial charge on any atom is -0.354 e. The SMILES string of the molecule is CS(=O)(=O)N(CC(=O)NCCCSCc1ccc(F)cc1)c1ccccc1Cl. The maximum atomic E-state index is 12.9. The molecule has 0 unspecified atom stereocenters. The molecule has 0 aliphatic carbocycles. The van der Waals surface area contributed by atoms with Gasteiger partial charge in [0.1, 0.15) is 12.4 Å². The van der Waals surface area contributed by atoms with E-state index in [2.05, 4.69) is 5.32 Å². The van der Waals surface area contributed by atoms with Gasteiger partial charge < -0.3 is 5.32 Å². The zero-order valence-corrected chi connectivity index (χ0v) is 17.8. The van der Waals surface area contributed by atoms with Crippen molar-refractivity contribution < 1.29 is 17.6 Å². The Morgan fingerprint density at radius 2 is 1.86 bits per heavy atom. The number of hydrogen-bond donors (Lipinski definition) is 1. The number of nitrogens with zero attached hydrogens (tertiary/aromatic N) is 1. The highest BCUT2D eigenvalue weighted by atomic mass is 35.5. The first kappa shape index (κ1) is 22.5. The van der Waals surface area contributed by atoms with E-state index in [0.717, 1.165) is 34.1 Å². The summed E-state index contributed by atoms with van der Waals surface area (Å²) in [6.45, 7) is 0.112. The van der Waals surface area contributed by atoms with E-state index < -0.39 is 15.9 Å². The largest absolute Gasteiger partial charge is 0.354 e. The van der Waals surface area contributed by atoms with Crippen LogP contribution in [0, 0.1) is 5.82 Å². The zero-order chi connectivity index (χ0) is 20.6. The van der Waals surface area contributed by atoms with Crippen molar-refractivity contribution >= 4 is 45.0 Å². The van der Waals surface area contributed by atoms with E-state index in [1.165, 1.54) is 12.1 Å². The Balaban J connectivity index is 1.76. The summed E-state index contributed by atoms with van der Waals surface area (Å²) in [5, 5.41) is 2.99. The van der Waals surface area contributed by atoms with E-state index in [1.54, 1.807) is 48.2 Å². The van der Waals surface area contributed by atoms with Crippen molar-refractivity contribution in [2.75, 3.05) is 29.4 Å². The molecule has 28 heavy (non-hydrogen) atoms. The normalized spacial score (nSPS) is 11.2. The van der Waals surface area contributed by atoms with Crippen molar-refractivity contribution in [3.05, 3.63) is 64.9 Å². The highest BCUT2D eigenvalue weighted by molar-refractivity contribution is 7.98. The molecule has 1 amide bonds. The van der Waals surface area contributed by atoms with Crippen LogP contribution in [-0.4, -0.2) is 39.4 Å². The molecular weight excluding hydrogens is 423 g/mol. The molecule has 0 aliphatic heterocycles. The second-order valence-corrected chi connectivity index (χ2v) is 9.52. The molecule has 2 aromatic carbocycles. The summed E-state index contributed by atoms with van der Waals surface area (Å²) in [5.41, 5.74) is 1.32. The molecule has 0 heterocycles. The molecule has 152 valence electrons. The molecule has 0 aliphatic rings. The number of sulfonamides is 1. The van der Waals surface area contributed by atoms with E-state index >= 15 is 0 Å². The third-order valence-corrected chi connectivity index (χ3v) is 6.34. The Hall–Kier alpha value is -1.77. The molecular formula is C19H22ClFN2O3S2. The van der Waals surface area contributed by atoms with Gasteiger partial charge in [0, 0.05) is 12.3 Å². The Morgan fingerprint density at radius 1 is 1.18 bits per heavy atom. The number of benzene rings is 2. The molecule has 0 saturated heterocycles. The predicted molar refractivity (Wildman–Crippen MR) is 114 cm³/mol. The number of thioether (sulfide) groups is 1. The number of para-hydroxylation sites is 1. The summed E-state index contributed by atoms with van der Waals surface area (Å²) in [7, 11) is -3.65. The fourth-order valence-corrected chi connectivity index (χ4v) is 4.47. The Bertz CT molecular complexity index is 892. The number of halogens is 2. The van der Waals surface area contributed by atoms with Crippen molar-refractivity contribution in [3.63, 3.8) is 0 Å². The van der Waals surface area contributed by atoms with Gasteiger partial charge in [0.05, 0.1) is 17.0 Å². The van der Waals surface area contributed by atoms with Crippen molar-refractivity contribution in [2.45, 2.75) is 12.2 Å². The van der Waals surface area contributed by atoms with Crippen LogP contribution in [0.15, 0.2) is 48.5 Å². The van der Waals surface area contributed by atoms with Crippen molar-refractivity contribution in [2.24, 2.45) is 0 Å². The lowest BCUT2D eigenvalue weighted by atomic mass is 10.2. The van der Waals surface area contributed by atoms with Gasteiger partial charge in [0.15, 0.2) is 0 Å². The van der Waals surface area contributed by atoms with E-state index in [1.807, 2.05) is 0 Å². The highest BCUT2D eigenvalue weighted by Gasteiger charge is 2.22. The molecule has 0 saturated carbocycles. The standard InChI is InChI=1S/C19H22ClFN2O3S2/c1-28(25,26)23(18-6-3-2-5-17(18)20)13-19(24)22-11-4-12-27-14-15-7-9-16(21)10-8-15/h2-3,5-10H,4,11-14H2,1H3,(H,22,24). The highest BCUT2D eigenvalue weighted by Crippen LogP contribution is 2.26. The van der Waals surface area contributed by atoms with E-state index in [-0.39, 0.29) is 23.1 Å². The van der Waals surface area contributed by atoms with Crippen LogP contribution in [0.2, 0.25) is 5.02 Å². The number of amides is 1. The summed E-state index contributed by atoms with van der Waals surface area (Å²) in [6, 6.07) is 12.8. The molecule has 5 nitrogen and oxygen atoms in total. The smallest absolute Gasteiger partial charge is 0.240 e. The first-order chi connectivity index (χ1) is 13.3. The van der Waals surface area contributed by atoms with Crippen molar-refractivity contribution in [1.82, 2.24) is 5.32 Å². The number of rotatable bonds is 10. The predicted octanol–water partition coefficient (Wildman–Crippen LogP) is 3.68. The van der Waals surface area contributed by atoms with Gasteiger partial charge >= 0.3 is 0 Å². The van der Waals surface area contributed by atoms with Crippen LogP contribution in [0.5, 0.6) is 0 Å². The van der Waals surface area contributed by atoms with Crippen LogP contribution >= 0.6 is 23.4 Å². The lowest BCUT2D eigenvalue weighted by molar-refractivity contribution is -0.119. The summed E-state index contributed by atoms with van der Waals surface area (Å²) >= 11 is 7.75. The minimum atomic E-state index is -3.65. The number of carbonyl (C=O) groups excluding carboxylic acids is 1. The van der Waals surface area contributed by atoms with Crippen LogP contribution in [0.25, 0.3) is 0 Å². The Labute approximate surface area is 174 Å². The molecule has 0 atom stereocenters. The van der Waals surface area contributed by atoms with Crippen molar-refractivity contribution in [1.29, 1.82) is 0 Å². The topological polar surface area (TPSA) is 66.5 Å². The van der Waals surface area contributed by atoms with Gasteiger partial charge in [0.25, 0.3) is 0 Å². The molecule has 0 fully saturated rings. The fourth-order valence-electron chi connectivity index (χ4n) is 2.39. The third-order valence-electron chi connectivity index (χ3n) is 3.78. The minimum absolute atomic E-state index is 0.253. The lowest BCUT2D eigenvalue weighted by Gasteiger charge is -2.22. The molecule has 9 heteroatoms. The number of carbonyl (C=O) groups is 1. The fraction of sp³-hybridized carbons (Fsp3) is 0.316. The van der Waals surface area contributed by atoms with Gasteiger partial charge in [-0.05, 0) is 42.0 Å². The third kappa shape index (κ3) is 7.33. The summed E-state index contributed by atoms with van der Waals surface area (Å²) in [6.07, 6.45) is 1.78. The second kappa shape index (κ2) is 10.7. The summed E-state index contributed by atoms with van der Waals surface area (Å²) in [4.78, 5) is 12.2. The van der Waals surface area contributed by atoms with Gasteiger partial charge in [-0.25, -0.2) is 12.8 Å². The lowest BCUT2D eigenvalue weighted by Crippen LogP contribution is -2.40. The molecule has 1 N–H and O–H groups in total. The average Bonchev–Trinajstić information content (AvgIpc) is 2.64. The molecule has 0 bridgehead atoms. The average molecular weight is 445 g/mol. The maximum absolute atomic E-state index is 12.9. The van der Waals surface area contributed by atoms with Crippen LogP contribution in [0.1, 0.15) is 12.0 Å². The van der Waals surface area contributed by atoms with E-state index in [9.17, 15) is 17.6 Å². The van der Waals surface area contributed by atoms with Crippen LogP contribution in [0.3, 0.4) is 0 Å². The van der Waals surface area contributed by atoms with Crippen molar-refractivity contribution in [3.8, 4) is 0 Å². The van der Waals surface area contributed by atoms with E-state index in [0.29, 0.717) is 6.54 Å². The Kier molecular flexibility index (Phi) is 8.59. The number of anilines is 1. The van der Waals surface area contributed by atoms with Crippen LogP contribution < -0.4 is 9.62 Å². The number of nitrogens with one attached hydrogen (secondary N) is 1. The van der Waals surface area contributed by atoms with Gasteiger partial charge in [-0.15, -0.1) is 0 Å². The molecule has 0 radical (unpaired) electrons. The van der Waals surface area contributed by atoms with Crippen LogP contribution in [0.4, 0.5) is 10.1 Å². The molecule has 0 aromatic heterocycles. The van der Waals surface area contributed by atoms with Crippen LogP contribution in [-0.2, 0) is 20.6 Å². The van der Waals surface area contributed by atoms with Gasteiger partial charge in [-0.2, -0.15) is 11.8 Å². The van der Waals surface area contributed by atoms with Gasteiger partial charge in [-0.3, -0.25) is 9.10 Å². The Morgan fingerprint density at radius 3 is 2.50 bits per heavy atom. The maximum Gasteiger partial charge on any atom is 0.240 e. The zero-order valence-electron chi connectivity index (χ0n) is 15.4. The summed E-state index contributed by atoms with van der Waals surface area (Å²) < 4.78 is 37.9. The van der Waals surface area contributed by atoms with E-state index in [4.69, 9.17) is 11.6 Å². The molecule has 0 spiro atoms. The monoisotopic (exact) mass is 444 g/mol.